The van der Waals surface area contributed by atoms with E-state index < -0.39 is 29.4 Å². The highest BCUT2D eigenvalue weighted by molar-refractivity contribution is 5.97. The normalized spacial score (nSPS) is 14.8. The predicted octanol–water partition coefficient (Wildman–Crippen LogP) is 3.11. The molecule has 1 aliphatic rings. The van der Waals surface area contributed by atoms with Crippen molar-refractivity contribution in [3.8, 4) is 5.88 Å². The number of rotatable bonds is 3. The van der Waals surface area contributed by atoms with E-state index in [1.54, 1.807) is 24.3 Å². The number of carbonyl (C=O) groups excluding carboxylic acids is 1. The second-order valence-electron chi connectivity index (χ2n) is 6.32. The second kappa shape index (κ2) is 6.66. The summed E-state index contributed by atoms with van der Waals surface area (Å²) in [6.07, 6.45) is -4.19. The van der Waals surface area contributed by atoms with E-state index in [0.29, 0.717) is 17.2 Å². The molecule has 6 nitrogen and oxygen atoms in total. The summed E-state index contributed by atoms with van der Waals surface area (Å²) in [6, 6.07) is 10.3. The number of likely N-dealkylation sites (tertiary alicyclic amines) is 1. The van der Waals surface area contributed by atoms with E-state index in [9.17, 15) is 22.8 Å². The zero-order chi connectivity index (χ0) is 19.9. The molecule has 0 atom stereocenters. The molecule has 0 spiro atoms. The Labute approximate surface area is 156 Å². The maximum Gasteiger partial charge on any atom is 0.417 e. The van der Waals surface area contributed by atoms with Gasteiger partial charge in [-0.05, 0) is 18.2 Å². The van der Waals surface area contributed by atoms with Crippen molar-refractivity contribution >= 4 is 16.9 Å². The third-order valence-electron chi connectivity index (χ3n) is 4.36. The maximum atomic E-state index is 12.5. The van der Waals surface area contributed by atoms with Gasteiger partial charge in [-0.25, -0.2) is 9.78 Å². The highest BCUT2D eigenvalue weighted by Gasteiger charge is 2.35. The molecule has 9 heteroatoms. The van der Waals surface area contributed by atoms with Crippen LogP contribution in [0.4, 0.5) is 13.2 Å². The molecular formula is C19H13F3N2O4. The monoisotopic (exact) mass is 390 g/mol. The van der Waals surface area contributed by atoms with Crippen LogP contribution in [0.2, 0.25) is 0 Å². The van der Waals surface area contributed by atoms with Gasteiger partial charge in [0.1, 0.15) is 17.3 Å². The van der Waals surface area contributed by atoms with Crippen molar-refractivity contribution in [2.75, 3.05) is 13.1 Å². The number of alkyl halides is 3. The number of hydrogen-bond acceptors (Lipinski definition) is 5. The van der Waals surface area contributed by atoms with Gasteiger partial charge in [-0.2, -0.15) is 13.2 Å². The lowest BCUT2D eigenvalue weighted by Crippen LogP contribution is -2.56. The van der Waals surface area contributed by atoms with Crippen molar-refractivity contribution in [1.82, 2.24) is 9.88 Å². The third kappa shape index (κ3) is 3.42. The van der Waals surface area contributed by atoms with Crippen molar-refractivity contribution in [2.45, 2.75) is 12.3 Å². The number of amides is 1. The van der Waals surface area contributed by atoms with Crippen molar-refractivity contribution in [3.05, 3.63) is 70.2 Å². The van der Waals surface area contributed by atoms with E-state index in [-0.39, 0.29) is 24.5 Å². The Morgan fingerprint density at radius 1 is 1.18 bits per heavy atom. The number of hydrogen-bond donors (Lipinski definition) is 0. The lowest BCUT2D eigenvalue weighted by molar-refractivity contribution is -0.137. The van der Waals surface area contributed by atoms with Crippen LogP contribution in [0.3, 0.4) is 0 Å². The average molecular weight is 390 g/mol. The highest BCUT2D eigenvalue weighted by Crippen LogP contribution is 2.29. The average Bonchev–Trinajstić information content (AvgIpc) is 2.63. The van der Waals surface area contributed by atoms with E-state index in [0.717, 1.165) is 12.1 Å². The zero-order valence-electron chi connectivity index (χ0n) is 14.3. The smallest absolute Gasteiger partial charge is 0.417 e. The summed E-state index contributed by atoms with van der Waals surface area (Å²) < 4.78 is 48.2. The molecule has 1 aliphatic heterocycles. The van der Waals surface area contributed by atoms with Crippen LogP contribution in [-0.4, -0.2) is 35.0 Å². The first-order valence-electron chi connectivity index (χ1n) is 8.33. The lowest BCUT2D eigenvalue weighted by Gasteiger charge is -2.38. The van der Waals surface area contributed by atoms with Crippen LogP contribution in [0, 0.1) is 0 Å². The summed E-state index contributed by atoms with van der Waals surface area (Å²) in [5.74, 6) is -0.449. The first-order chi connectivity index (χ1) is 13.3. The van der Waals surface area contributed by atoms with Crippen LogP contribution >= 0.6 is 0 Å². The minimum Gasteiger partial charge on any atom is -0.471 e. The van der Waals surface area contributed by atoms with Crippen LogP contribution in [0.1, 0.15) is 15.9 Å². The number of benzene rings is 1. The number of nitrogens with zero attached hydrogens (tertiary/aromatic N) is 2. The summed E-state index contributed by atoms with van der Waals surface area (Å²) >= 11 is 0. The fourth-order valence-electron chi connectivity index (χ4n) is 2.85. The van der Waals surface area contributed by atoms with Crippen molar-refractivity contribution in [1.29, 1.82) is 0 Å². The lowest BCUT2D eigenvalue weighted by atomic mass is 10.1. The summed E-state index contributed by atoms with van der Waals surface area (Å²) in [6.45, 7) is 0.377. The molecule has 2 aromatic heterocycles. The van der Waals surface area contributed by atoms with Crippen LogP contribution < -0.4 is 10.4 Å². The molecule has 144 valence electrons. The molecule has 0 unspecified atom stereocenters. The van der Waals surface area contributed by atoms with Crippen LogP contribution in [0.5, 0.6) is 5.88 Å². The molecule has 0 radical (unpaired) electrons. The summed E-state index contributed by atoms with van der Waals surface area (Å²) in [5.41, 5.74) is -1.28. The fourth-order valence-corrected chi connectivity index (χ4v) is 2.85. The van der Waals surface area contributed by atoms with E-state index in [4.69, 9.17) is 9.15 Å². The topological polar surface area (TPSA) is 72.6 Å². The number of fused-ring (bicyclic) bond motifs is 1. The Morgan fingerprint density at radius 2 is 1.93 bits per heavy atom. The molecule has 1 aromatic carbocycles. The van der Waals surface area contributed by atoms with Gasteiger partial charge in [0.25, 0.3) is 5.91 Å². The highest BCUT2D eigenvalue weighted by atomic mass is 19.4. The van der Waals surface area contributed by atoms with Gasteiger partial charge < -0.3 is 14.1 Å². The largest absolute Gasteiger partial charge is 0.471 e. The Hall–Kier alpha value is -3.36. The first kappa shape index (κ1) is 18.0. The minimum atomic E-state index is -4.47. The number of para-hydroxylation sites is 1. The fraction of sp³-hybridized carbons (Fsp3) is 0.211. The summed E-state index contributed by atoms with van der Waals surface area (Å²) in [5, 5.41) is 0.632. The van der Waals surface area contributed by atoms with Crippen LogP contribution in [-0.2, 0) is 6.18 Å². The molecule has 3 heterocycles. The number of halogens is 3. The minimum absolute atomic E-state index is 0.0373. The van der Waals surface area contributed by atoms with E-state index >= 15 is 0 Å². The van der Waals surface area contributed by atoms with E-state index in [1.165, 1.54) is 11.0 Å². The molecule has 0 saturated carbocycles. The van der Waals surface area contributed by atoms with Gasteiger partial charge in [0.15, 0.2) is 0 Å². The van der Waals surface area contributed by atoms with Gasteiger partial charge in [-0.15, -0.1) is 0 Å². The van der Waals surface area contributed by atoms with Crippen LogP contribution in [0.15, 0.2) is 57.9 Å². The SMILES string of the molecule is O=C(c1cc2ccccc2oc1=O)N1CC(Oc2ccc(C(F)(F)F)cn2)C1. The number of pyridine rings is 1. The van der Waals surface area contributed by atoms with Gasteiger partial charge >= 0.3 is 11.8 Å². The molecule has 1 amide bonds. The Morgan fingerprint density at radius 3 is 2.61 bits per heavy atom. The zero-order valence-corrected chi connectivity index (χ0v) is 14.3. The van der Waals surface area contributed by atoms with E-state index in [2.05, 4.69) is 4.98 Å². The Bertz CT molecular complexity index is 1090. The van der Waals surface area contributed by atoms with Gasteiger partial charge in [-0.3, -0.25) is 4.79 Å². The molecule has 0 N–H and O–H groups in total. The quantitative estimate of drug-likeness (QED) is 0.643. The Kier molecular flexibility index (Phi) is 4.29. The third-order valence-corrected chi connectivity index (χ3v) is 4.36. The predicted molar refractivity (Wildman–Crippen MR) is 92.0 cm³/mol. The van der Waals surface area contributed by atoms with Crippen molar-refractivity contribution < 1.29 is 27.1 Å². The standard InChI is InChI=1S/C19H13F3N2O4/c20-19(21,22)12-5-6-16(23-8-12)27-13-9-24(10-13)17(25)14-7-11-3-1-2-4-15(11)28-18(14)26/h1-8,13H,9-10H2. The molecule has 3 aromatic rings. The molecule has 0 aliphatic carbocycles. The number of ether oxygens (including phenoxy) is 1. The molecule has 0 bridgehead atoms. The number of carbonyl (C=O) groups is 1. The van der Waals surface area contributed by atoms with Gasteiger partial charge in [-0.1, -0.05) is 18.2 Å². The maximum absolute atomic E-state index is 12.5. The van der Waals surface area contributed by atoms with Gasteiger partial charge in [0.2, 0.25) is 5.88 Å². The van der Waals surface area contributed by atoms with Crippen molar-refractivity contribution in [3.63, 3.8) is 0 Å². The summed E-state index contributed by atoms with van der Waals surface area (Å²) in [7, 11) is 0. The van der Waals surface area contributed by atoms with Crippen molar-refractivity contribution in [2.24, 2.45) is 0 Å². The first-order valence-corrected chi connectivity index (χ1v) is 8.33. The molecule has 4 rings (SSSR count). The van der Waals surface area contributed by atoms with Gasteiger partial charge in [0, 0.05) is 17.6 Å². The molecule has 1 saturated heterocycles. The molecule has 28 heavy (non-hydrogen) atoms. The molecule has 1 fully saturated rings. The van der Waals surface area contributed by atoms with Crippen LogP contribution in [0.25, 0.3) is 11.0 Å². The number of aromatic nitrogens is 1. The van der Waals surface area contributed by atoms with E-state index in [1.807, 2.05) is 0 Å². The summed E-state index contributed by atoms with van der Waals surface area (Å²) in [4.78, 5) is 29.6. The molecular weight excluding hydrogens is 377 g/mol. The van der Waals surface area contributed by atoms with Gasteiger partial charge in [0.05, 0.1) is 18.7 Å². The second-order valence-corrected chi connectivity index (χ2v) is 6.32. The Balaban J connectivity index is 1.40.